The molecule has 7 aromatic carbocycles. The van der Waals surface area contributed by atoms with E-state index in [1.54, 1.807) is 0 Å². The van der Waals surface area contributed by atoms with Crippen molar-refractivity contribution >= 4 is 10.8 Å². The van der Waals surface area contributed by atoms with Crippen LogP contribution in [-0.2, 0) is 5.41 Å². The van der Waals surface area contributed by atoms with E-state index in [4.69, 9.17) is 14.7 Å². The third-order valence-corrected chi connectivity index (χ3v) is 12.2. The van der Waals surface area contributed by atoms with Crippen LogP contribution in [0.1, 0.15) is 30.5 Å². The van der Waals surface area contributed by atoms with Gasteiger partial charge in [-0.3, -0.25) is 4.98 Å². The van der Waals surface area contributed by atoms with E-state index in [9.17, 15) is 0 Å². The van der Waals surface area contributed by atoms with Crippen molar-refractivity contribution in [1.29, 1.82) is 0 Å². The van der Waals surface area contributed by atoms with Gasteiger partial charge in [0.1, 0.15) is 11.5 Å². The Morgan fingerprint density at radius 3 is 1.78 bits per heavy atom. The van der Waals surface area contributed by atoms with Crippen molar-refractivity contribution < 1.29 is 4.74 Å². The number of hydrogen-bond acceptors (Lipinski definition) is 4. The molecule has 3 heterocycles. The first-order valence-corrected chi connectivity index (χ1v) is 20.5. The molecule has 1 atom stereocenters. The van der Waals surface area contributed by atoms with E-state index in [-0.39, 0.29) is 0 Å². The summed E-state index contributed by atoms with van der Waals surface area (Å²) in [5.41, 5.74) is 15.9. The number of hydrogen-bond donors (Lipinski definition) is 0. The lowest BCUT2D eigenvalue weighted by Crippen LogP contribution is -2.35. The summed E-state index contributed by atoms with van der Waals surface area (Å²) in [6.45, 7) is 4.19. The minimum Gasteiger partial charge on any atom is -0.457 e. The summed E-state index contributed by atoms with van der Waals surface area (Å²) in [6.07, 6.45) is 8.22. The van der Waals surface area contributed by atoms with Crippen molar-refractivity contribution in [2.24, 2.45) is 0 Å². The second-order valence-corrected chi connectivity index (χ2v) is 15.4. The molecule has 0 bridgehead atoms. The van der Waals surface area contributed by atoms with Gasteiger partial charge >= 0.3 is 0 Å². The van der Waals surface area contributed by atoms with Gasteiger partial charge in [0.05, 0.1) is 16.8 Å². The predicted molar refractivity (Wildman–Crippen MR) is 244 cm³/mol. The number of rotatable bonds is 5. The van der Waals surface area contributed by atoms with Gasteiger partial charge in [-0.2, -0.15) is 0 Å². The van der Waals surface area contributed by atoms with Crippen molar-refractivity contribution in [2.45, 2.75) is 19.3 Å². The summed E-state index contributed by atoms with van der Waals surface area (Å²) in [5, 5.41) is 2.33. The minimum absolute atomic E-state index is 0.589. The maximum Gasteiger partial charge on any atom is 0.160 e. The van der Waals surface area contributed by atoms with Crippen LogP contribution in [0, 0.1) is 0 Å². The first kappa shape index (κ1) is 35.5. The average Bonchev–Trinajstić information content (AvgIpc) is 3.60. The van der Waals surface area contributed by atoms with E-state index in [0.717, 1.165) is 78.4 Å². The van der Waals surface area contributed by atoms with Crippen molar-refractivity contribution in [3.63, 3.8) is 0 Å². The zero-order valence-electron chi connectivity index (χ0n) is 33.3. The number of aromatic nitrogens is 3. The highest BCUT2D eigenvalue weighted by atomic mass is 16.5. The Labute approximate surface area is 349 Å². The zero-order valence-corrected chi connectivity index (χ0v) is 33.3. The molecule has 0 N–H and O–H groups in total. The molecule has 0 radical (unpaired) electrons. The Kier molecular flexibility index (Phi) is 8.45. The maximum atomic E-state index is 6.64. The number of para-hydroxylation sites is 1. The van der Waals surface area contributed by atoms with Gasteiger partial charge in [0.25, 0.3) is 0 Å². The molecule has 0 amide bonds. The lowest BCUT2D eigenvalue weighted by atomic mass is 9.65. The minimum atomic E-state index is -0.589. The molecule has 1 aliphatic heterocycles. The summed E-state index contributed by atoms with van der Waals surface area (Å²) < 4.78 is 6.64. The van der Waals surface area contributed by atoms with Crippen LogP contribution in [0.2, 0.25) is 0 Å². The van der Waals surface area contributed by atoms with Crippen molar-refractivity contribution in [3.05, 3.63) is 228 Å². The summed E-state index contributed by atoms with van der Waals surface area (Å²) in [7, 11) is 0. The molecule has 284 valence electrons. The molecule has 1 spiro atoms. The molecule has 0 fully saturated rings. The molecule has 2 aromatic heterocycles. The van der Waals surface area contributed by atoms with Crippen LogP contribution >= 0.6 is 0 Å². The van der Waals surface area contributed by atoms with Crippen molar-refractivity contribution in [1.82, 2.24) is 15.0 Å². The van der Waals surface area contributed by atoms with Crippen LogP contribution in [0.15, 0.2) is 212 Å². The smallest absolute Gasteiger partial charge is 0.160 e. The maximum absolute atomic E-state index is 6.64. The van der Waals surface area contributed by atoms with Crippen molar-refractivity contribution in [3.8, 4) is 73.0 Å². The molecule has 11 rings (SSSR count). The lowest BCUT2D eigenvalue weighted by Gasteiger charge is -2.41. The monoisotopic (exact) mass is 769 g/mol. The second-order valence-electron chi connectivity index (χ2n) is 15.4. The van der Waals surface area contributed by atoms with Crippen LogP contribution in [0.4, 0.5) is 0 Å². The third kappa shape index (κ3) is 5.56. The fourth-order valence-corrected chi connectivity index (χ4v) is 9.45. The SMILES string of the molecule is C/C=C1\C(=C/C)Oc2ccccc2C12c1ccc(-c3ccc(-c4cncc5ccccc45)cc3)cc1-c1cc(-c3cc(-c4ccccc4)nc(-c4ccccc4)n3)ccc12. The van der Waals surface area contributed by atoms with Gasteiger partial charge in [0.2, 0.25) is 0 Å². The van der Waals surface area contributed by atoms with E-state index in [2.05, 4.69) is 183 Å². The van der Waals surface area contributed by atoms with Crippen LogP contribution in [-0.4, -0.2) is 15.0 Å². The number of fused-ring (bicyclic) bond motifs is 8. The van der Waals surface area contributed by atoms with E-state index in [1.165, 1.54) is 27.6 Å². The van der Waals surface area contributed by atoms with Crippen LogP contribution < -0.4 is 4.74 Å². The number of pyridine rings is 1. The van der Waals surface area contributed by atoms with Crippen LogP contribution in [0.3, 0.4) is 0 Å². The van der Waals surface area contributed by atoms with E-state index < -0.39 is 5.41 Å². The van der Waals surface area contributed by atoms with Gasteiger partial charge in [0, 0.05) is 51.2 Å². The Morgan fingerprint density at radius 2 is 1.05 bits per heavy atom. The molecule has 2 aliphatic rings. The molecule has 60 heavy (non-hydrogen) atoms. The van der Waals surface area contributed by atoms with Crippen molar-refractivity contribution in [2.75, 3.05) is 0 Å². The fraction of sp³-hybridized carbons (Fsp3) is 0.0536. The average molecular weight is 770 g/mol. The van der Waals surface area contributed by atoms with Crippen LogP contribution in [0.5, 0.6) is 5.75 Å². The molecule has 9 aromatic rings. The highest BCUT2D eigenvalue weighted by molar-refractivity contribution is 5.96. The standard InChI is InChI=1S/C56H39N3O/c1-3-47-53(4-2)60-54-22-14-13-21-50(54)56(47)48-29-27-40(36-23-25-37(26-24-36)46-35-57-34-42-19-11-12-20-43(42)46)31-44(48)45-32-41(28-30-49(45)56)52-33-51(38-15-7-5-8-16-38)58-55(59-52)39-17-9-6-10-18-39/h3-35H,1-2H3/b47-3+,53-4+. The highest BCUT2D eigenvalue weighted by Crippen LogP contribution is 2.62. The van der Waals surface area contributed by atoms with Gasteiger partial charge < -0.3 is 4.74 Å². The Morgan fingerprint density at radius 1 is 0.450 bits per heavy atom. The largest absolute Gasteiger partial charge is 0.457 e. The molecular formula is C56H39N3O. The Hall–Kier alpha value is -7.69. The predicted octanol–water partition coefficient (Wildman–Crippen LogP) is 13.9. The third-order valence-electron chi connectivity index (χ3n) is 12.2. The zero-order chi connectivity index (χ0) is 40.2. The topological polar surface area (TPSA) is 47.9 Å². The molecule has 0 saturated carbocycles. The summed E-state index contributed by atoms with van der Waals surface area (Å²) in [5.74, 6) is 2.44. The van der Waals surface area contributed by atoms with Gasteiger partial charge in [0.15, 0.2) is 5.82 Å². The molecule has 4 nitrogen and oxygen atoms in total. The molecular weight excluding hydrogens is 731 g/mol. The normalized spacial score (nSPS) is 16.4. The summed E-state index contributed by atoms with van der Waals surface area (Å²) in [6, 6.07) is 62.5. The van der Waals surface area contributed by atoms with Gasteiger partial charge in [-0.25, -0.2) is 9.97 Å². The Bertz CT molecular complexity index is 3120. The quantitative estimate of drug-likeness (QED) is 0.175. The molecule has 1 unspecified atom stereocenters. The van der Waals surface area contributed by atoms with Gasteiger partial charge in [-0.05, 0) is 88.5 Å². The number of nitrogens with zero attached hydrogens (tertiary/aromatic N) is 3. The summed E-state index contributed by atoms with van der Waals surface area (Å²) in [4.78, 5) is 14.9. The number of benzene rings is 7. The Balaban J connectivity index is 1.12. The highest BCUT2D eigenvalue weighted by Gasteiger charge is 2.52. The molecule has 0 saturated heterocycles. The van der Waals surface area contributed by atoms with Gasteiger partial charge in [-0.1, -0.05) is 158 Å². The van der Waals surface area contributed by atoms with Gasteiger partial charge in [-0.15, -0.1) is 0 Å². The van der Waals surface area contributed by atoms with E-state index in [1.807, 2.05) is 36.7 Å². The second kappa shape index (κ2) is 14.3. The first-order chi connectivity index (χ1) is 29.6. The number of allylic oxidation sites excluding steroid dienone is 3. The summed E-state index contributed by atoms with van der Waals surface area (Å²) >= 11 is 0. The lowest BCUT2D eigenvalue weighted by molar-refractivity contribution is 0.388. The van der Waals surface area contributed by atoms with E-state index >= 15 is 0 Å². The number of ether oxygens (including phenoxy) is 1. The fourth-order valence-electron chi connectivity index (χ4n) is 9.45. The van der Waals surface area contributed by atoms with E-state index in [0.29, 0.717) is 5.82 Å². The molecule has 1 aliphatic carbocycles. The first-order valence-electron chi connectivity index (χ1n) is 20.5. The van der Waals surface area contributed by atoms with Crippen LogP contribution in [0.25, 0.3) is 78.1 Å². The molecule has 4 heteroatoms.